The first kappa shape index (κ1) is 19.6. The van der Waals surface area contributed by atoms with E-state index in [9.17, 15) is 9.18 Å². The van der Waals surface area contributed by atoms with E-state index >= 15 is 0 Å². The zero-order valence-electron chi connectivity index (χ0n) is 17.2. The third-order valence-electron chi connectivity index (χ3n) is 5.78. The van der Waals surface area contributed by atoms with Gasteiger partial charge in [0.15, 0.2) is 0 Å². The van der Waals surface area contributed by atoms with Crippen LogP contribution in [-0.4, -0.2) is 60.0 Å². The Morgan fingerprint density at radius 1 is 0.897 bits per heavy atom. The van der Waals surface area contributed by atoms with Crippen LogP contribution in [0.5, 0.6) is 0 Å². The summed E-state index contributed by atoms with van der Waals surface area (Å²) >= 11 is 0. The molecule has 0 unspecified atom stereocenters. The van der Waals surface area contributed by atoms with Gasteiger partial charge in [-0.3, -0.25) is 4.79 Å². The second kappa shape index (κ2) is 8.35. The van der Waals surface area contributed by atoms with Crippen LogP contribution in [0.1, 0.15) is 40.9 Å². The lowest BCUT2D eigenvalue weighted by Crippen LogP contribution is -2.49. The van der Waals surface area contributed by atoms with E-state index in [0.717, 1.165) is 30.5 Å². The predicted octanol–water partition coefficient (Wildman–Crippen LogP) is 3.19. The molecule has 1 aromatic heterocycles. The third kappa shape index (κ3) is 4.33. The lowest BCUT2D eigenvalue weighted by Gasteiger charge is -2.35. The van der Waals surface area contributed by atoms with E-state index in [0.29, 0.717) is 37.3 Å². The van der Waals surface area contributed by atoms with Crippen molar-refractivity contribution in [1.29, 1.82) is 0 Å². The Balaban J connectivity index is 1.43. The molecule has 0 aliphatic carbocycles. The number of piperazine rings is 1. The number of nitrogens with zero attached hydrogens (tertiary/aromatic N) is 5. The quantitative estimate of drug-likeness (QED) is 0.796. The maximum Gasteiger partial charge on any atom is 0.254 e. The number of halogens is 1. The molecule has 1 aromatic carbocycles. The van der Waals surface area contributed by atoms with Gasteiger partial charge in [0.2, 0.25) is 5.95 Å². The number of rotatable bonds is 3. The highest BCUT2D eigenvalue weighted by Gasteiger charge is 2.25. The number of aromatic nitrogens is 2. The molecule has 6 nitrogen and oxygen atoms in total. The van der Waals surface area contributed by atoms with Gasteiger partial charge in [0.05, 0.1) is 0 Å². The fourth-order valence-corrected chi connectivity index (χ4v) is 3.98. The molecule has 0 atom stereocenters. The number of benzene rings is 1. The summed E-state index contributed by atoms with van der Waals surface area (Å²) in [6.45, 7) is 8.28. The van der Waals surface area contributed by atoms with Crippen LogP contribution in [0.4, 0.5) is 16.2 Å². The molecule has 3 heterocycles. The van der Waals surface area contributed by atoms with Crippen molar-refractivity contribution >= 4 is 17.7 Å². The van der Waals surface area contributed by atoms with Crippen LogP contribution in [-0.2, 0) is 0 Å². The number of aryl methyl sites for hydroxylation is 2. The largest absolute Gasteiger partial charge is 0.356 e. The van der Waals surface area contributed by atoms with Crippen LogP contribution >= 0.6 is 0 Å². The molecule has 29 heavy (non-hydrogen) atoms. The fraction of sp³-hybridized carbons (Fsp3) is 0.500. The van der Waals surface area contributed by atoms with Crippen molar-refractivity contribution in [1.82, 2.24) is 14.9 Å². The highest BCUT2D eigenvalue weighted by molar-refractivity contribution is 5.94. The van der Waals surface area contributed by atoms with Gasteiger partial charge in [0.1, 0.15) is 11.6 Å². The molecule has 4 rings (SSSR count). The van der Waals surface area contributed by atoms with Crippen LogP contribution in [0.25, 0.3) is 0 Å². The van der Waals surface area contributed by atoms with Crippen molar-refractivity contribution in [3.63, 3.8) is 0 Å². The molecule has 2 saturated heterocycles. The summed E-state index contributed by atoms with van der Waals surface area (Å²) in [5, 5.41) is 0. The minimum Gasteiger partial charge on any atom is -0.356 e. The average Bonchev–Trinajstić information content (AvgIpc) is 2.75. The maximum absolute atomic E-state index is 13.8. The first-order valence-corrected chi connectivity index (χ1v) is 10.4. The van der Waals surface area contributed by atoms with Gasteiger partial charge in [0, 0.05) is 56.6 Å². The molecule has 154 valence electrons. The lowest BCUT2D eigenvalue weighted by molar-refractivity contribution is 0.0745. The van der Waals surface area contributed by atoms with E-state index in [1.807, 2.05) is 6.92 Å². The van der Waals surface area contributed by atoms with E-state index in [1.165, 1.54) is 25.3 Å². The van der Waals surface area contributed by atoms with Gasteiger partial charge in [-0.25, -0.2) is 9.37 Å². The summed E-state index contributed by atoms with van der Waals surface area (Å²) in [6.07, 6.45) is 3.70. The standard InChI is InChI=1S/C22H28FN5O/c1-16-6-7-18(15-19(16)23)21(29)27-10-12-28(13-11-27)22-24-17(2)14-20(25-22)26-8-4-3-5-9-26/h6-7,14-15H,3-5,8-13H2,1-2H3. The zero-order chi connectivity index (χ0) is 20.4. The zero-order valence-corrected chi connectivity index (χ0v) is 17.2. The summed E-state index contributed by atoms with van der Waals surface area (Å²) in [6, 6.07) is 6.74. The van der Waals surface area contributed by atoms with Crippen molar-refractivity contribution in [2.24, 2.45) is 0 Å². The Kier molecular flexibility index (Phi) is 5.65. The Labute approximate surface area is 171 Å². The summed E-state index contributed by atoms with van der Waals surface area (Å²) in [5.74, 6) is 1.27. The number of piperidine rings is 1. The van der Waals surface area contributed by atoms with E-state index < -0.39 is 0 Å². The van der Waals surface area contributed by atoms with Gasteiger partial charge in [-0.1, -0.05) is 6.07 Å². The summed E-state index contributed by atoms with van der Waals surface area (Å²) in [4.78, 5) is 28.4. The molecule has 2 aliphatic heterocycles. The Hall–Kier alpha value is -2.70. The summed E-state index contributed by atoms with van der Waals surface area (Å²) in [5.41, 5.74) is 1.91. The van der Waals surface area contributed by atoms with Crippen molar-refractivity contribution in [3.05, 3.63) is 46.9 Å². The van der Waals surface area contributed by atoms with Crippen molar-refractivity contribution < 1.29 is 9.18 Å². The van der Waals surface area contributed by atoms with E-state index in [2.05, 4.69) is 20.9 Å². The number of hydrogen-bond acceptors (Lipinski definition) is 5. The van der Waals surface area contributed by atoms with E-state index in [4.69, 9.17) is 4.98 Å². The van der Waals surface area contributed by atoms with Gasteiger partial charge in [-0.2, -0.15) is 4.98 Å². The molecule has 0 radical (unpaired) electrons. The lowest BCUT2D eigenvalue weighted by atomic mass is 10.1. The SMILES string of the molecule is Cc1cc(N2CCCCC2)nc(N2CCN(C(=O)c3ccc(C)c(F)c3)CC2)n1. The highest BCUT2D eigenvalue weighted by atomic mass is 19.1. The van der Waals surface area contributed by atoms with E-state index in [1.54, 1.807) is 24.0 Å². The average molecular weight is 397 g/mol. The fourth-order valence-electron chi connectivity index (χ4n) is 3.98. The van der Waals surface area contributed by atoms with Gasteiger partial charge >= 0.3 is 0 Å². The molecular formula is C22H28FN5O. The predicted molar refractivity (Wildman–Crippen MR) is 112 cm³/mol. The van der Waals surface area contributed by atoms with Crippen molar-refractivity contribution in [2.75, 3.05) is 49.1 Å². The number of carbonyl (C=O) groups is 1. The Morgan fingerprint density at radius 3 is 2.31 bits per heavy atom. The van der Waals surface area contributed by atoms with Crippen molar-refractivity contribution in [2.45, 2.75) is 33.1 Å². The topological polar surface area (TPSA) is 52.6 Å². The number of anilines is 2. The van der Waals surface area contributed by atoms with Crippen LogP contribution in [0, 0.1) is 19.7 Å². The Bertz CT molecular complexity index is 889. The highest BCUT2D eigenvalue weighted by Crippen LogP contribution is 2.22. The number of amides is 1. The molecule has 2 aromatic rings. The molecule has 2 aliphatic rings. The summed E-state index contributed by atoms with van der Waals surface area (Å²) in [7, 11) is 0. The minimum atomic E-state index is -0.340. The number of carbonyl (C=O) groups excluding carboxylic acids is 1. The van der Waals surface area contributed by atoms with Crippen LogP contribution in [0.15, 0.2) is 24.3 Å². The van der Waals surface area contributed by atoms with Gasteiger partial charge in [0.25, 0.3) is 5.91 Å². The monoisotopic (exact) mass is 397 g/mol. The van der Waals surface area contributed by atoms with Crippen LogP contribution in [0.3, 0.4) is 0 Å². The minimum absolute atomic E-state index is 0.122. The molecule has 0 bridgehead atoms. The molecular weight excluding hydrogens is 369 g/mol. The van der Waals surface area contributed by atoms with Crippen LogP contribution < -0.4 is 9.80 Å². The molecule has 0 N–H and O–H groups in total. The normalized spacial score (nSPS) is 17.6. The second-order valence-electron chi connectivity index (χ2n) is 7.96. The van der Waals surface area contributed by atoms with Crippen LogP contribution in [0.2, 0.25) is 0 Å². The van der Waals surface area contributed by atoms with Crippen molar-refractivity contribution in [3.8, 4) is 0 Å². The number of hydrogen-bond donors (Lipinski definition) is 0. The van der Waals surface area contributed by atoms with E-state index in [-0.39, 0.29) is 11.7 Å². The first-order valence-electron chi connectivity index (χ1n) is 10.4. The van der Waals surface area contributed by atoms with Gasteiger partial charge in [-0.05, 0) is 50.8 Å². The summed E-state index contributed by atoms with van der Waals surface area (Å²) < 4.78 is 13.8. The van der Waals surface area contributed by atoms with Gasteiger partial charge in [-0.15, -0.1) is 0 Å². The molecule has 2 fully saturated rings. The molecule has 7 heteroatoms. The second-order valence-corrected chi connectivity index (χ2v) is 7.96. The maximum atomic E-state index is 13.8. The smallest absolute Gasteiger partial charge is 0.254 e. The third-order valence-corrected chi connectivity index (χ3v) is 5.78. The molecule has 0 saturated carbocycles. The Morgan fingerprint density at radius 2 is 1.62 bits per heavy atom. The first-order chi connectivity index (χ1) is 14.0. The molecule has 0 spiro atoms. The molecule has 1 amide bonds. The van der Waals surface area contributed by atoms with Gasteiger partial charge < -0.3 is 14.7 Å².